The Hall–Kier alpha value is -2.68. The first-order valence-corrected chi connectivity index (χ1v) is 20.0. The van der Waals surface area contributed by atoms with Crippen molar-refractivity contribution < 1.29 is 18.0 Å². The molecule has 266 valence electrons. The minimum absolute atomic E-state index is 0.0371. The minimum atomic E-state index is -2.97. The van der Waals surface area contributed by atoms with Gasteiger partial charge in [-0.05, 0) is 90.5 Å². The van der Waals surface area contributed by atoms with Crippen LogP contribution in [0.3, 0.4) is 0 Å². The van der Waals surface area contributed by atoms with Crippen LogP contribution in [0.5, 0.6) is 5.75 Å². The molecule has 0 saturated carbocycles. The number of benzene rings is 4. The number of fused-ring (bicyclic) bond motifs is 2. The van der Waals surface area contributed by atoms with Crippen LogP contribution in [-0.4, -0.2) is 41.1 Å². The van der Waals surface area contributed by atoms with Crippen molar-refractivity contribution in [1.29, 1.82) is 0 Å². The van der Waals surface area contributed by atoms with E-state index in [0.717, 1.165) is 72.4 Å². The van der Waals surface area contributed by atoms with Crippen molar-refractivity contribution in [2.75, 3.05) is 25.1 Å². The molecule has 0 amide bonds. The van der Waals surface area contributed by atoms with Gasteiger partial charge in [0.1, 0.15) is 17.7 Å². The van der Waals surface area contributed by atoms with E-state index >= 15 is 0 Å². The Labute approximate surface area is 318 Å². The molecule has 5 aromatic rings. The van der Waals surface area contributed by atoms with Crippen LogP contribution in [0.4, 0.5) is 8.78 Å². The summed E-state index contributed by atoms with van der Waals surface area (Å²) in [5, 5.41) is 3.68. The van der Waals surface area contributed by atoms with Crippen molar-refractivity contribution >= 4 is 77.0 Å². The summed E-state index contributed by atoms with van der Waals surface area (Å²) >= 11 is 19.1. The topological polar surface area (TPSA) is 12.5 Å². The maximum atomic E-state index is 13.4. The second-order valence-corrected chi connectivity index (χ2v) is 15.5. The Balaban J connectivity index is 1.48. The zero-order valence-electron chi connectivity index (χ0n) is 29.3. The molecule has 3 nitrogen and oxygen atoms in total. The number of hydrogen-bond acceptors (Lipinski definition) is 3. The summed E-state index contributed by atoms with van der Waals surface area (Å²) in [6, 6.07) is 24.9. The normalized spacial score (nSPS) is 13.4. The molecule has 0 radical (unpaired) electrons. The van der Waals surface area contributed by atoms with Crippen LogP contribution in [-0.2, 0) is 13.1 Å². The van der Waals surface area contributed by atoms with Gasteiger partial charge in [0.25, 0.3) is 0 Å². The van der Waals surface area contributed by atoms with E-state index < -0.39 is 6.61 Å². The molecule has 1 heterocycles. The van der Waals surface area contributed by atoms with E-state index in [4.69, 9.17) is 27.9 Å². The molecule has 0 spiro atoms. The summed E-state index contributed by atoms with van der Waals surface area (Å²) in [7, 11) is 0. The molecular formula is C41H46BrCl2F2N2OS+. The van der Waals surface area contributed by atoms with Gasteiger partial charge in [0.2, 0.25) is 0 Å². The van der Waals surface area contributed by atoms with Crippen LogP contribution < -0.4 is 4.74 Å². The van der Waals surface area contributed by atoms with Crippen molar-refractivity contribution in [2.45, 2.75) is 73.1 Å². The number of rotatable bonds is 17. The Morgan fingerprint density at radius 2 is 1.68 bits per heavy atom. The highest BCUT2D eigenvalue weighted by Gasteiger charge is 2.27. The predicted molar refractivity (Wildman–Crippen MR) is 214 cm³/mol. The first-order valence-electron chi connectivity index (χ1n) is 17.3. The summed E-state index contributed by atoms with van der Waals surface area (Å²) < 4.78 is 33.4. The van der Waals surface area contributed by atoms with Crippen LogP contribution in [0.15, 0.2) is 78.9 Å². The molecule has 0 aliphatic rings. The summed E-state index contributed by atoms with van der Waals surface area (Å²) in [6.45, 7) is 10.3. The first-order chi connectivity index (χ1) is 24.1. The molecule has 0 N–H and O–H groups in total. The van der Waals surface area contributed by atoms with Crippen molar-refractivity contribution in [3.8, 4) is 5.75 Å². The lowest BCUT2D eigenvalue weighted by Gasteiger charge is -2.37. The van der Waals surface area contributed by atoms with E-state index in [1.54, 1.807) is 6.07 Å². The Kier molecular flexibility index (Phi) is 13.6. The number of allylic oxidation sites excluding steroid dienone is 1. The molecule has 0 aliphatic heterocycles. The monoisotopic (exact) mass is 801 g/mol. The van der Waals surface area contributed by atoms with Crippen LogP contribution in [0.1, 0.15) is 66.7 Å². The molecule has 1 atom stereocenters. The Bertz CT molecular complexity index is 1920. The van der Waals surface area contributed by atoms with Gasteiger partial charge in [-0.3, -0.25) is 0 Å². The van der Waals surface area contributed by atoms with E-state index in [0.29, 0.717) is 26.7 Å². The van der Waals surface area contributed by atoms with E-state index in [1.165, 1.54) is 50.4 Å². The lowest BCUT2D eigenvalue weighted by atomic mass is 10.1. The van der Waals surface area contributed by atoms with Gasteiger partial charge in [0, 0.05) is 18.7 Å². The van der Waals surface area contributed by atoms with Gasteiger partial charge in [0.05, 0.1) is 43.8 Å². The molecule has 5 rings (SSSR count). The second-order valence-electron chi connectivity index (χ2n) is 13.2. The third kappa shape index (κ3) is 9.40. The Morgan fingerprint density at radius 1 is 0.940 bits per heavy atom. The van der Waals surface area contributed by atoms with Crippen LogP contribution in [0.2, 0.25) is 10.0 Å². The summed E-state index contributed by atoms with van der Waals surface area (Å²) in [6.07, 6.45) is 6.05. The molecule has 4 aromatic carbocycles. The highest BCUT2D eigenvalue weighted by Crippen LogP contribution is 2.48. The molecule has 9 heteroatoms. The smallest absolute Gasteiger partial charge is 0.387 e. The van der Waals surface area contributed by atoms with E-state index in [-0.39, 0.29) is 5.75 Å². The molecular weight excluding hydrogens is 757 g/mol. The number of unbranched alkanes of at least 4 members (excludes halogenated alkanes) is 2. The average molecular weight is 804 g/mol. The minimum Gasteiger partial charge on any atom is -0.434 e. The summed E-state index contributed by atoms with van der Waals surface area (Å²) in [5.41, 5.74) is 7.05. The number of hydrogen-bond donors (Lipinski definition) is 0. The van der Waals surface area contributed by atoms with Gasteiger partial charge in [0.15, 0.2) is 0 Å². The fourth-order valence-corrected chi connectivity index (χ4v) is 9.48. The van der Waals surface area contributed by atoms with Gasteiger partial charge >= 0.3 is 6.61 Å². The zero-order chi connectivity index (χ0) is 35.8. The number of aryl methyl sites for hydroxylation is 2. The maximum absolute atomic E-state index is 13.4. The van der Waals surface area contributed by atoms with E-state index in [2.05, 4.69) is 115 Å². The van der Waals surface area contributed by atoms with Gasteiger partial charge in [-0.1, -0.05) is 108 Å². The number of alkyl halides is 3. The Morgan fingerprint density at radius 3 is 2.36 bits per heavy atom. The van der Waals surface area contributed by atoms with Gasteiger partial charge in [-0.15, -0.1) is 11.3 Å². The standard InChI is InChI=1S/C41H46BrCl2F2N2OS/c1-5-7-14-35(40-38(44)37-36(49-41(45)46)18-17-34(43)39(37)50-40)47(25-30-15-16-32-12-8-9-13-33(32)24-30)19-10-11-20-48(6-2,27-42)26-31-22-28(3)21-29(4)23-31/h8-9,12-18,21-24,41H,5-7,10-11,19-20,25-27H2,1-4H3/q+1/b35-14-. The number of quaternary nitrogens is 1. The van der Waals surface area contributed by atoms with E-state index in [9.17, 15) is 8.78 Å². The third-order valence-corrected chi connectivity index (χ3v) is 12.6. The number of ether oxygens (including phenoxy) is 1. The highest BCUT2D eigenvalue weighted by molar-refractivity contribution is 9.09. The first kappa shape index (κ1) is 38.5. The fourth-order valence-electron chi connectivity index (χ4n) is 6.79. The predicted octanol–water partition coefficient (Wildman–Crippen LogP) is 13.4. The fraction of sp³-hybridized carbons (Fsp3) is 0.366. The van der Waals surface area contributed by atoms with E-state index in [1.807, 2.05) is 0 Å². The molecule has 0 saturated heterocycles. The SMILES string of the molecule is CCC/C=C(/c1sc2c(Cl)ccc(OC(F)F)c2c1Cl)N(CCCC[N+](CC)(CBr)Cc1cc(C)cc(C)c1)Cc1ccc2ccccc2c1. The van der Waals surface area contributed by atoms with Crippen molar-refractivity contribution in [3.05, 3.63) is 116 Å². The molecule has 50 heavy (non-hydrogen) atoms. The van der Waals surface area contributed by atoms with Crippen LogP contribution in [0, 0.1) is 13.8 Å². The van der Waals surface area contributed by atoms with Crippen molar-refractivity contribution in [1.82, 2.24) is 4.90 Å². The summed E-state index contributed by atoms with van der Waals surface area (Å²) in [5.74, 6) is 0.0371. The number of halogens is 5. The maximum Gasteiger partial charge on any atom is 0.387 e. The largest absolute Gasteiger partial charge is 0.434 e. The number of thiophene rings is 1. The van der Waals surface area contributed by atoms with Gasteiger partial charge < -0.3 is 14.1 Å². The molecule has 0 bridgehead atoms. The van der Waals surface area contributed by atoms with Crippen LogP contribution in [0.25, 0.3) is 26.6 Å². The van der Waals surface area contributed by atoms with Gasteiger partial charge in [-0.2, -0.15) is 8.78 Å². The molecule has 1 unspecified atom stereocenters. The van der Waals surface area contributed by atoms with Crippen molar-refractivity contribution in [2.24, 2.45) is 0 Å². The highest BCUT2D eigenvalue weighted by atomic mass is 79.9. The molecule has 0 fully saturated rings. The zero-order valence-corrected chi connectivity index (χ0v) is 33.2. The summed E-state index contributed by atoms with van der Waals surface area (Å²) in [4.78, 5) is 3.23. The molecule has 1 aromatic heterocycles. The van der Waals surface area contributed by atoms with Crippen molar-refractivity contribution in [3.63, 3.8) is 0 Å². The lowest BCUT2D eigenvalue weighted by Crippen LogP contribution is -2.46. The third-order valence-electron chi connectivity index (χ3n) is 9.33. The van der Waals surface area contributed by atoms with Gasteiger partial charge in [-0.25, -0.2) is 0 Å². The number of nitrogens with zero attached hydrogens (tertiary/aromatic N) is 2. The second kappa shape index (κ2) is 17.7. The lowest BCUT2D eigenvalue weighted by molar-refractivity contribution is -0.926. The average Bonchev–Trinajstić information content (AvgIpc) is 3.44. The van der Waals surface area contributed by atoms with Crippen LogP contribution >= 0.6 is 50.5 Å². The molecule has 0 aliphatic carbocycles. The quantitative estimate of drug-likeness (QED) is 0.0402.